The summed E-state index contributed by atoms with van der Waals surface area (Å²) in [6.07, 6.45) is 0. The predicted octanol–water partition coefficient (Wildman–Crippen LogP) is 0.618. The van der Waals surface area contributed by atoms with Gasteiger partial charge in [-0.05, 0) is 24.1 Å². The lowest BCUT2D eigenvalue weighted by molar-refractivity contribution is 0.464. The molecule has 5 N–H and O–H groups in total. The second kappa shape index (κ2) is 3.56. The molecule has 0 heterocycles. The van der Waals surface area contributed by atoms with E-state index in [4.69, 9.17) is 11.5 Å². The van der Waals surface area contributed by atoms with Gasteiger partial charge in [0.2, 0.25) is 0 Å². The summed E-state index contributed by atoms with van der Waals surface area (Å²) in [7, 11) is 0. The molecule has 1 aromatic carbocycles. The van der Waals surface area contributed by atoms with Crippen molar-refractivity contribution in [3.05, 3.63) is 28.8 Å². The summed E-state index contributed by atoms with van der Waals surface area (Å²) in [6.45, 7) is 2.67. The second-order valence-corrected chi connectivity index (χ2v) is 2.83. The molecule has 0 unspecified atom stereocenters. The Hall–Kier alpha value is -1.06. The first-order valence-corrected chi connectivity index (χ1v) is 3.90. The quantitative estimate of drug-likeness (QED) is 0.603. The van der Waals surface area contributed by atoms with Gasteiger partial charge in [-0.2, -0.15) is 0 Å². The Labute approximate surface area is 72.0 Å². The molecule has 0 aromatic heterocycles. The van der Waals surface area contributed by atoms with E-state index in [0.29, 0.717) is 13.1 Å². The summed E-state index contributed by atoms with van der Waals surface area (Å²) in [5.74, 6) is 0.287. The number of phenols is 1. The first-order valence-electron chi connectivity index (χ1n) is 3.90. The molecule has 0 spiro atoms. The Morgan fingerprint density at radius 2 is 1.92 bits per heavy atom. The molecule has 66 valence electrons. The van der Waals surface area contributed by atoms with Crippen LogP contribution in [0.1, 0.15) is 16.7 Å². The number of aryl methyl sites for hydroxylation is 1. The summed E-state index contributed by atoms with van der Waals surface area (Å²) >= 11 is 0. The van der Waals surface area contributed by atoms with Crippen LogP contribution in [-0.2, 0) is 13.1 Å². The summed E-state index contributed by atoms with van der Waals surface area (Å²) in [5.41, 5.74) is 13.5. The van der Waals surface area contributed by atoms with Gasteiger partial charge in [0.05, 0.1) is 0 Å². The van der Waals surface area contributed by atoms with Crippen molar-refractivity contribution in [3.8, 4) is 5.75 Å². The van der Waals surface area contributed by atoms with Crippen molar-refractivity contribution in [2.75, 3.05) is 0 Å². The Balaban J connectivity index is 3.19. The fraction of sp³-hybridized carbons (Fsp3) is 0.333. The molecule has 0 saturated carbocycles. The number of benzene rings is 1. The van der Waals surface area contributed by atoms with Gasteiger partial charge in [-0.3, -0.25) is 0 Å². The van der Waals surface area contributed by atoms with Gasteiger partial charge in [0.25, 0.3) is 0 Å². The zero-order valence-corrected chi connectivity index (χ0v) is 7.17. The van der Waals surface area contributed by atoms with Gasteiger partial charge >= 0.3 is 0 Å². The fourth-order valence-electron chi connectivity index (χ4n) is 1.21. The molecule has 0 radical (unpaired) electrons. The Morgan fingerprint density at radius 3 is 2.42 bits per heavy atom. The molecule has 0 aliphatic heterocycles. The third-order valence-corrected chi connectivity index (χ3v) is 1.89. The van der Waals surface area contributed by atoms with Crippen molar-refractivity contribution in [1.29, 1.82) is 0 Å². The van der Waals surface area contributed by atoms with Crippen LogP contribution in [0.15, 0.2) is 12.1 Å². The molecule has 0 aliphatic rings. The summed E-state index contributed by atoms with van der Waals surface area (Å²) in [4.78, 5) is 0. The number of hydrogen-bond donors (Lipinski definition) is 3. The van der Waals surface area contributed by atoms with Crippen molar-refractivity contribution in [1.82, 2.24) is 0 Å². The molecule has 0 fully saturated rings. The van der Waals surface area contributed by atoms with Crippen LogP contribution in [0, 0.1) is 6.92 Å². The lowest BCUT2D eigenvalue weighted by Crippen LogP contribution is -2.02. The predicted molar refractivity (Wildman–Crippen MR) is 48.6 cm³/mol. The monoisotopic (exact) mass is 166 g/mol. The fourth-order valence-corrected chi connectivity index (χ4v) is 1.21. The van der Waals surface area contributed by atoms with Crippen LogP contribution in [0.5, 0.6) is 5.75 Å². The highest BCUT2D eigenvalue weighted by Gasteiger charge is 2.03. The first kappa shape index (κ1) is 9.03. The molecular weight excluding hydrogens is 152 g/mol. The minimum atomic E-state index is 0.287. The highest BCUT2D eigenvalue weighted by molar-refractivity contribution is 5.42. The van der Waals surface area contributed by atoms with Crippen molar-refractivity contribution < 1.29 is 5.11 Å². The maximum Gasteiger partial charge on any atom is 0.122 e. The van der Waals surface area contributed by atoms with Crippen molar-refractivity contribution >= 4 is 0 Å². The van der Waals surface area contributed by atoms with Gasteiger partial charge in [-0.25, -0.2) is 0 Å². The average molecular weight is 166 g/mol. The molecule has 1 aromatic rings. The Morgan fingerprint density at radius 1 is 1.25 bits per heavy atom. The van der Waals surface area contributed by atoms with Gasteiger partial charge in [-0.15, -0.1) is 0 Å². The molecule has 12 heavy (non-hydrogen) atoms. The Kier molecular flexibility index (Phi) is 2.68. The molecule has 0 saturated heterocycles. The van der Waals surface area contributed by atoms with E-state index in [-0.39, 0.29) is 5.75 Å². The number of rotatable bonds is 2. The summed E-state index contributed by atoms with van der Waals surface area (Å²) in [6, 6.07) is 3.71. The smallest absolute Gasteiger partial charge is 0.122 e. The lowest BCUT2D eigenvalue weighted by atomic mass is 10.1. The topological polar surface area (TPSA) is 72.3 Å². The number of aromatic hydroxyl groups is 1. The molecule has 0 atom stereocenters. The molecular formula is C9H14N2O. The highest BCUT2D eigenvalue weighted by atomic mass is 16.3. The normalized spacial score (nSPS) is 10.2. The van der Waals surface area contributed by atoms with Crippen LogP contribution in [0.25, 0.3) is 0 Å². The molecule has 0 amide bonds. The van der Waals surface area contributed by atoms with Crippen molar-refractivity contribution in [2.24, 2.45) is 11.5 Å². The van der Waals surface area contributed by atoms with Gasteiger partial charge in [0.15, 0.2) is 0 Å². The van der Waals surface area contributed by atoms with Gasteiger partial charge < -0.3 is 16.6 Å². The number of hydrogen-bond acceptors (Lipinski definition) is 3. The number of nitrogens with two attached hydrogens (primary N) is 2. The van der Waals surface area contributed by atoms with E-state index in [1.807, 2.05) is 19.1 Å². The third-order valence-electron chi connectivity index (χ3n) is 1.89. The molecule has 0 aliphatic carbocycles. The van der Waals surface area contributed by atoms with E-state index in [0.717, 1.165) is 16.7 Å². The molecule has 3 heteroatoms. The number of phenolic OH excluding ortho intramolecular Hbond substituents is 1. The van der Waals surface area contributed by atoms with Crippen LogP contribution in [0.3, 0.4) is 0 Å². The minimum absolute atomic E-state index is 0.287. The van der Waals surface area contributed by atoms with E-state index in [9.17, 15) is 5.11 Å². The van der Waals surface area contributed by atoms with Crippen LogP contribution < -0.4 is 11.5 Å². The Bertz CT molecular complexity index is 284. The van der Waals surface area contributed by atoms with E-state index in [1.54, 1.807) is 0 Å². The van der Waals surface area contributed by atoms with Crippen LogP contribution in [-0.4, -0.2) is 5.11 Å². The zero-order valence-electron chi connectivity index (χ0n) is 7.17. The second-order valence-electron chi connectivity index (χ2n) is 2.83. The van der Waals surface area contributed by atoms with E-state index < -0.39 is 0 Å². The SMILES string of the molecule is Cc1cc(CN)cc(CN)c1O. The molecule has 3 nitrogen and oxygen atoms in total. The summed E-state index contributed by atoms with van der Waals surface area (Å²) < 4.78 is 0. The van der Waals surface area contributed by atoms with Crippen LogP contribution >= 0.6 is 0 Å². The van der Waals surface area contributed by atoms with Crippen LogP contribution in [0.4, 0.5) is 0 Å². The average Bonchev–Trinajstić information content (AvgIpc) is 2.09. The van der Waals surface area contributed by atoms with E-state index in [1.165, 1.54) is 0 Å². The van der Waals surface area contributed by atoms with Crippen LogP contribution in [0.2, 0.25) is 0 Å². The maximum absolute atomic E-state index is 9.50. The van der Waals surface area contributed by atoms with Gasteiger partial charge in [0, 0.05) is 18.7 Å². The van der Waals surface area contributed by atoms with E-state index >= 15 is 0 Å². The first-order chi connectivity index (χ1) is 5.69. The zero-order chi connectivity index (χ0) is 9.14. The van der Waals surface area contributed by atoms with Crippen molar-refractivity contribution in [3.63, 3.8) is 0 Å². The summed E-state index contributed by atoms with van der Waals surface area (Å²) in [5, 5.41) is 9.50. The van der Waals surface area contributed by atoms with Crippen molar-refractivity contribution in [2.45, 2.75) is 20.0 Å². The highest BCUT2D eigenvalue weighted by Crippen LogP contribution is 2.23. The minimum Gasteiger partial charge on any atom is -0.507 e. The standard InChI is InChI=1S/C9H14N2O/c1-6-2-7(4-10)3-8(5-11)9(6)12/h2-3,12H,4-5,10-11H2,1H3. The lowest BCUT2D eigenvalue weighted by Gasteiger charge is -2.07. The largest absolute Gasteiger partial charge is 0.507 e. The maximum atomic E-state index is 9.50. The third kappa shape index (κ3) is 1.57. The van der Waals surface area contributed by atoms with E-state index in [2.05, 4.69) is 0 Å². The molecule has 0 bridgehead atoms. The molecule has 1 rings (SSSR count). The van der Waals surface area contributed by atoms with Gasteiger partial charge in [-0.1, -0.05) is 6.07 Å². The van der Waals surface area contributed by atoms with Gasteiger partial charge in [0.1, 0.15) is 5.75 Å².